The van der Waals surface area contributed by atoms with Crippen molar-refractivity contribution < 1.29 is 13.6 Å². The van der Waals surface area contributed by atoms with Gasteiger partial charge < -0.3 is 4.90 Å². The summed E-state index contributed by atoms with van der Waals surface area (Å²) in [6.07, 6.45) is 1.11. The topological polar surface area (TPSA) is 46.1 Å². The first-order valence-corrected chi connectivity index (χ1v) is 8.33. The molecule has 1 aliphatic heterocycles. The fourth-order valence-corrected chi connectivity index (χ4v) is 3.65. The predicted octanol–water partition coefficient (Wildman–Crippen LogP) is 3.23. The number of carbonyl (C=O) groups excluding carboxylic acids is 1. The van der Waals surface area contributed by atoms with Crippen LogP contribution in [0, 0.1) is 19.8 Å². The molecule has 1 aliphatic carbocycles. The molecule has 0 bridgehead atoms. The summed E-state index contributed by atoms with van der Waals surface area (Å²) in [5, 5.41) is 0. The molecule has 0 aromatic carbocycles. The van der Waals surface area contributed by atoms with E-state index in [-0.39, 0.29) is 30.6 Å². The van der Waals surface area contributed by atoms with Gasteiger partial charge in [-0.05, 0) is 39.2 Å². The number of amides is 1. The van der Waals surface area contributed by atoms with Crippen LogP contribution in [0.1, 0.15) is 55.2 Å². The molecule has 0 unspecified atom stereocenters. The van der Waals surface area contributed by atoms with Gasteiger partial charge in [-0.15, -0.1) is 0 Å². The summed E-state index contributed by atoms with van der Waals surface area (Å²) in [4.78, 5) is 23.4. The lowest BCUT2D eigenvalue weighted by atomic mass is 9.86. The van der Waals surface area contributed by atoms with Crippen LogP contribution in [0.25, 0.3) is 0 Å². The highest BCUT2D eigenvalue weighted by Gasteiger charge is 2.40. The molecule has 3 rings (SSSR count). The Bertz CT molecular complexity index is 575. The highest BCUT2D eigenvalue weighted by atomic mass is 19.3. The molecule has 2 aliphatic rings. The van der Waals surface area contributed by atoms with Crippen LogP contribution in [0.4, 0.5) is 8.78 Å². The van der Waals surface area contributed by atoms with E-state index in [0.29, 0.717) is 25.9 Å². The molecule has 1 atom stereocenters. The lowest BCUT2D eigenvalue weighted by Gasteiger charge is -2.30. The van der Waals surface area contributed by atoms with Crippen molar-refractivity contribution in [2.75, 3.05) is 13.1 Å². The van der Waals surface area contributed by atoms with Crippen molar-refractivity contribution in [1.82, 2.24) is 14.9 Å². The Labute approximate surface area is 135 Å². The van der Waals surface area contributed by atoms with E-state index in [2.05, 4.69) is 9.97 Å². The van der Waals surface area contributed by atoms with Gasteiger partial charge in [0.1, 0.15) is 5.82 Å². The van der Waals surface area contributed by atoms with E-state index < -0.39 is 5.92 Å². The third-order valence-corrected chi connectivity index (χ3v) is 4.93. The Morgan fingerprint density at radius 1 is 1.17 bits per heavy atom. The van der Waals surface area contributed by atoms with Crippen molar-refractivity contribution >= 4 is 5.91 Å². The minimum Gasteiger partial charge on any atom is -0.342 e. The van der Waals surface area contributed by atoms with Gasteiger partial charge in [0.25, 0.3) is 0 Å². The molecule has 126 valence electrons. The van der Waals surface area contributed by atoms with E-state index in [0.717, 1.165) is 23.6 Å². The molecule has 1 amide bonds. The maximum atomic E-state index is 13.2. The third-order valence-electron chi connectivity index (χ3n) is 4.93. The Morgan fingerprint density at radius 3 is 2.39 bits per heavy atom. The number of hydrogen-bond acceptors (Lipinski definition) is 3. The maximum absolute atomic E-state index is 13.2. The van der Waals surface area contributed by atoms with Gasteiger partial charge in [0.05, 0.1) is 0 Å². The van der Waals surface area contributed by atoms with E-state index in [4.69, 9.17) is 0 Å². The lowest BCUT2D eigenvalue weighted by molar-refractivity contribution is -0.138. The van der Waals surface area contributed by atoms with Crippen LogP contribution < -0.4 is 0 Å². The number of hydrogen-bond donors (Lipinski definition) is 0. The maximum Gasteiger partial charge on any atom is 0.248 e. The Morgan fingerprint density at radius 2 is 1.78 bits per heavy atom. The number of aromatic nitrogens is 2. The van der Waals surface area contributed by atoms with Crippen LogP contribution in [-0.2, 0) is 4.79 Å². The van der Waals surface area contributed by atoms with Crippen LogP contribution in [0.3, 0.4) is 0 Å². The number of nitrogens with zero attached hydrogens (tertiary/aromatic N) is 3. The van der Waals surface area contributed by atoms with Gasteiger partial charge in [0, 0.05) is 49.2 Å². The minimum absolute atomic E-state index is 0.0346. The number of likely N-dealkylation sites (tertiary alicyclic amines) is 1. The zero-order valence-electron chi connectivity index (χ0n) is 13.7. The van der Waals surface area contributed by atoms with E-state index in [1.807, 2.05) is 24.8 Å². The third kappa shape index (κ3) is 3.67. The summed E-state index contributed by atoms with van der Waals surface area (Å²) in [6, 6.07) is 1.93. The SMILES string of the molecule is Cc1cc(C)nc([C@@H]2CCN(C(=O)C3CCC(F)(F)CC3)C2)n1. The molecule has 1 aromatic heterocycles. The molecule has 1 saturated carbocycles. The van der Waals surface area contributed by atoms with Gasteiger partial charge in [-0.3, -0.25) is 4.79 Å². The summed E-state index contributed by atoms with van der Waals surface area (Å²) in [5.41, 5.74) is 1.87. The minimum atomic E-state index is -2.59. The van der Waals surface area contributed by atoms with Crippen molar-refractivity contribution in [3.63, 3.8) is 0 Å². The van der Waals surface area contributed by atoms with Crippen LogP contribution in [0.2, 0.25) is 0 Å². The van der Waals surface area contributed by atoms with Crippen molar-refractivity contribution in [2.24, 2.45) is 5.92 Å². The number of carbonyl (C=O) groups is 1. The van der Waals surface area contributed by atoms with Gasteiger partial charge in [-0.1, -0.05) is 0 Å². The van der Waals surface area contributed by atoms with Gasteiger partial charge in [-0.25, -0.2) is 18.7 Å². The molecule has 2 fully saturated rings. The monoisotopic (exact) mass is 323 g/mol. The molecule has 6 heteroatoms. The van der Waals surface area contributed by atoms with E-state index in [9.17, 15) is 13.6 Å². The number of rotatable bonds is 2. The van der Waals surface area contributed by atoms with Gasteiger partial charge in [0.15, 0.2) is 0 Å². The number of alkyl halides is 2. The summed E-state index contributed by atoms with van der Waals surface area (Å²) >= 11 is 0. The molecule has 0 spiro atoms. The fourth-order valence-electron chi connectivity index (χ4n) is 3.65. The normalized spacial score (nSPS) is 24.9. The van der Waals surface area contributed by atoms with Crippen molar-refractivity contribution in [3.05, 3.63) is 23.3 Å². The number of aryl methyl sites for hydroxylation is 2. The smallest absolute Gasteiger partial charge is 0.248 e. The summed E-state index contributed by atoms with van der Waals surface area (Å²) < 4.78 is 26.5. The highest BCUT2D eigenvalue weighted by molar-refractivity contribution is 5.79. The van der Waals surface area contributed by atoms with E-state index in [1.165, 1.54) is 0 Å². The summed E-state index contributed by atoms with van der Waals surface area (Å²) in [5.74, 6) is -1.84. The van der Waals surface area contributed by atoms with Gasteiger partial charge in [0.2, 0.25) is 11.8 Å². The van der Waals surface area contributed by atoms with Gasteiger partial charge in [-0.2, -0.15) is 0 Å². The standard InChI is InChI=1S/C17H23F2N3O/c1-11-9-12(2)21-15(20-11)14-5-8-22(10-14)16(23)13-3-6-17(18,19)7-4-13/h9,13-14H,3-8,10H2,1-2H3/t14-/m1/s1. The van der Waals surface area contributed by atoms with Crippen LogP contribution in [0.5, 0.6) is 0 Å². The molecule has 0 N–H and O–H groups in total. The first-order valence-electron chi connectivity index (χ1n) is 8.33. The van der Waals surface area contributed by atoms with Crippen molar-refractivity contribution in [3.8, 4) is 0 Å². The van der Waals surface area contributed by atoms with E-state index in [1.54, 1.807) is 0 Å². The second kappa shape index (κ2) is 6.13. The summed E-state index contributed by atoms with van der Waals surface area (Å²) in [6.45, 7) is 5.16. The average molecular weight is 323 g/mol. The first kappa shape index (κ1) is 16.3. The molecule has 0 radical (unpaired) electrons. The highest BCUT2D eigenvalue weighted by Crippen LogP contribution is 2.37. The largest absolute Gasteiger partial charge is 0.342 e. The Balaban J connectivity index is 1.62. The van der Waals surface area contributed by atoms with Crippen molar-refractivity contribution in [2.45, 2.75) is 57.8 Å². The van der Waals surface area contributed by atoms with Crippen LogP contribution in [0.15, 0.2) is 6.07 Å². The van der Waals surface area contributed by atoms with Crippen LogP contribution in [-0.4, -0.2) is 39.8 Å². The molecular formula is C17H23F2N3O. The summed E-state index contributed by atoms with van der Waals surface area (Å²) in [7, 11) is 0. The molecule has 1 saturated heterocycles. The van der Waals surface area contributed by atoms with Crippen molar-refractivity contribution in [1.29, 1.82) is 0 Å². The Hall–Kier alpha value is -1.59. The zero-order valence-corrected chi connectivity index (χ0v) is 13.7. The molecule has 4 nitrogen and oxygen atoms in total. The lowest BCUT2D eigenvalue weighted by Crippen LogP contribution is -2.38. The molecule has 1 aromatic rings. The fraction of sp³-hybridized carbons (Fsp3) is 0.706. The second-order valence-electron chi connectivity index (χ2n) is 6.91. The zero-order chi connectivity index (χ0) is 16.6. The second-order valence-corrected chi connectivity index (χ2v) is 6.91. The van der Waals surface area contributed by atoms with Gasteiger partial charge >= 0.3 is 0 Å². The first-order chi connectivity index (χ1) is 10.8. The average Bonchev–Trinajstić information content (AvgIpc) is 2.95. The van der Waals surface area contributed by atoms with Crippen LogP contribution >= 0.6 is 0 Å². The Kier molecular flexibility index (Phi) is 4.34. The predicted molar refractivity (Wildman–Crippen MR) is 82.3 cm³/mol. The molecular weight excluding hydrogens is 300 g/mol. The quantitative estimate of drug-likeness (QED) is 0.839. The molecule has 23 heavy (non-hydrogen) atoms. The van der Waals surface area contributed by atoms with E-state index >= 15 is 0 Å². The number of halogens is 2. The molecule has 2 heterocycles.